The molecule has 4 heterocycles. The third kappa shape index (κ3) is 2.07. The topological polar surface area (TPSA) is 80.1 Å². The van der Waals surface area contributed by atoms with Crippen molar-refractivity contribution in [3.63, 3.8) is 0 Å². The minimum Gasteiger partial charge on any atom is -0.280 e. The van der Waals surface area contributed by atoms with Crippen molar-refractivity contribution >= 4 is 27.1 Å². The second kappa shape index (κ2) is 5.06. The Bertz CT molecular complexity index is 1260. The first-order valence-corrected chi connectivity index (χ1v) is 8.61. The van der Waals surface area contributed by atoms with Crippen molar-refractivity contribution in [1.82, 2.24) is 18.7 Å². The Kier molecular flexibility index (Phi) is 2.93. The van der Waals surface area contributed by atoms with Gasteiger partial charge in [0.05, 0.1) is 10.2 Å². The van der Waals surface area contributed by atoms with E-state index in [1.165, 1.54) is 34.7 Å². The molecule has 0 bridgehead atoms. The van der Waals surface area contributed by atoms with E-state index in [2.05, 4.69) is 14.3 Å². The third-order valence-corrected chi connectivity index (χ3v) is 5.47. The second-order valence-corrected chi connectivity index (χ2v) is 6.96. The second-order valence-electron chi connectivity index (χ2n) is 6.15. The number of fused-ring (bicyclic) bond motifs is 2. The standard InChI is InChI=1S/C17H11FN4O2S/c18-11-6-22-12(3-10(11)9-4-19-7-20-5-9)13(8-1-2-8)15-14(17(22)24)16(23)21-25-15/h3-8H,1-2H2,(H,21,23). The van der Waals surface area contributed by atoms with E-state index in [0.717, 1.165) is 24.6 Å². The molecule has 0 spiro atoms. The molecule has 1 aliphatic carbocycles. The lowest BCUT2D eigenvalue weighted by Crippen LogP contribution is -2.20. The van der Waals surface area contributed by atoms with Crippen molar-refractivity contribution in [3.8, 4) is 11.1 Å². The molecule has 1 aliphatic rings. The number of nitrogens with one attached hydrogen (secondary N) is 1. The van der Waals surface area contributed by atoms with E-state index in [1.807, 2.05) is 0 Å². The van der Waals surface area contributed by atoms with E-state index >= 15 is 0 Å². The van der Waals surface area contributed by atoms with Gasteiger partial charge in [0.25, 0.3) is 11.1 Å². The highest BCUT2D eigenvalue weighted by molar-refractivity contribution is 7.13. The molecule has 0 aromatic carbocycles. The molecular weight excluding hydrogens is 343 g/mol. The summed E-state index contributed by atoms with van der Waals surface area (Å²) in [5.74, 6) is -0.271. The molecule has 25 heavy (non-hydrogen) atoms. The molecule has 0 radical (unpaired) electrons. The molecule has 0 aliphatic heterocycles. The number of aromatic amines is 1. The van der Waals surface area contributed by atoms with Crippen LogP contribution in [0.3, 0.4) is 0 Å². The SMILES string of the molecule is O=c1[nH]sc2c(C3CC3)c3cc(-c4cncnc4)c(F)cn3c(=O)c12. The predicted octanol–water partition coefficient (Wildman–Crippen LogP) is 2.68. The molecule has 4 aromatic rings. The monoisotopic (exact) mass is 354 g/mol. The van der Waals surface area contributed by atoms with E-state index in [4.69, 9.17) is 0 Å². The molecular formula is C17H11FN4O2S. The minimum atomic E-state index is -0.558. The lowest BCUT2D eigenvalue weighted by molar-refractivity contribution is 0.621. The van der Waals surface area contributed by atoms with E-state index in [0.29, 0.717) is 21.3 Å². The number of rotatable bonds is 2. The van der Waals surface area contributed by atoms with E-state index in [9.17, 15) is 14.0 Å². The molecule has 124 valence electrons. The van der Waals surface area contributed by atoms with Gasteiger partial charge in [0.2, 0.25) is 0 Å². The van der Waals surface area contributed by atoms with Crippen LogP contribution in [0.2, 0.25) is 0 Å². The van der Waals surface area contributed by atoms with Crippen molar-refractivity contribution in [2.24, 2.45) is 0 Å². The number of aromatic nitrogens is 4. The Balaban J connectivity index is 1.96. The number of nitrogens with zero attached hydrogens (tertiary/aromatic N) is 3. The Morgan fingerprint density at radius 3 is 2.72 bits per heavy atom. The highest BCUT2D eigenvalue weighted by Gasteiger charge is 2.31. The van der Waals surface area contributed by atoms with Gasteiger partial charge >= 0.3 is 0 Å². The van der Waals surface area contributed by atoms with Gasteiger partial charge in [-0.3, -0.25) is 18.4 Å². The summed E-state index contributed by atoms with van der Waals surface area (Å²) in [6.45, 7) is 0. The van der Waals surface area contributed by atoms with Crippen LogP contribution in [0.1, 0.15) is 24.3 Å². The van der Waals surface area contributed by atoms with E-state index in [-0.39, 0.29) is 11.3 Å². The van der Waals surface area contributed by atoms with Crippen LogP contribution in [0, 0.1) is 5.82 Å². The summed E-state index contributed by atoms with van der Waals surface area (Å²) < 4.78 is 19.2. The molecule has 8 heteroatoms. The van der Waals surface area contributed by atoms with Crippen LogP contribution in [0.5, 0.6) is 0 Å². The van der Waals surface area contributed by atoms with Crippen molar-refractivity contribution in [2.75, 3.05) is 0 Å². The van der Waals surface area contributed by atoms with Crippen molar-refractivity contribution in [3.05, 3.63) is 63.1 Å². The quantitative estimate of drug-likeness (QED) is 0.600. The summed E-state index contributed by atoms with van der Waals surface area (Å²) in [5, 5.41) is 0.111. The maximum Gasteiger partial charge on any atom is 0.271 e. The van der Waals surface area contributed by atoms with Gasteiger partial charge in [-0.25, -0.2) is 14.4 Å². The number of hydrogen-bond acceptors (Lipinski definition) is 5. The Morgan fingerprint density at radius 1 is 1.24 bits per heavy atom. The fraction of sp³-hybridized carbons (Fsp3) is 0.176. The molecule has 0 atom stereocenters. The molecule has 0 amide bonds. The summed E-state index contributed by atoms with van der Waals surface area (Å²) in [6.07, 6.45) is 7.59. The summed E-state index contributed by atoms with van der Waals surface area (Å²) in [4.78, 5) is 32.6. The fourth-order valence-corrected chi connectivity index (χ4v) is 4.21. The smallest absolute Gasteiger partial charge is 0.271 e. The molecule has 0 unspecified atom stereocenters. The Morgan fingerprint density at radius 2 is 2.00 bits per heavy atom. The van der Waals surface area contributed by atoms with Crippen LogP contribution in [0.15, 0.2) is 40.6 Å². The maximum absolute atomic E-state index is 14.7. The van der Waals surface area contributed by atoms with Gasteiger partial charge in [0.1, 0.15) is 17.5 Å². The third-order valence-electron chi connectivity index (χ3n) is 4.55. The highest BCUT2D eigenvalue weighted by atomic mass is 32.1. The van der Waals surface area contributed by atoms with Crippen molar-refractivity contribution in [1.29, 1.82) is 0 Å². The van der Waals surface area contributed by atoms with Crippen LogP contribution in [0.25, 0.3) is 26.7 Å². The first-order valence-electron chi connectivity index (χ1n) is 7.79. The predicted molar refractivity (Wildman–Crippen MR) is 92.6 cm³/mol. The van der Waals surface area contributed by atoms with Gasteiger partial charge in [-0.1, -0.05) is 11.5 Å². The maximum atomic E-state index is 14.7. The average Bonchev–Trinajstić information content (AvgIpc) is 3.38. The first kappa shape index (κ1) is 14.5. The summed E-state index contributed by atoms with van der Waals surface area (Å²) in [6, 6.07) is 1.66. The lowest BCUT2D eigenvalue weighted by atomic mass is 10.0. The van der Waals surface area contributed by atoms with E-state index in [1.54, 1.807) is 6.07 Å². The number of H-pyrrole nitrogens is 1. The molecule has 5 rings (SSSR count). The molecule has 6 nitrogen and oxygen atoms in total. The Labute approximate surface area is 143 Å². The molecule has 1 N–H and O–H groups in total. The number of pyridine rings is 2. The van der Waals surface area contributed by atoms with Crippen LogP contribution in [-0.2, 0) is 0 Å². The van der Waals surface area contributed by atoms with E-state index < -0.39 is 16.9 Å². The number of halogens is 1. The van der Waals surface area contributed by atoms with Crippen LogP contribution >= 0.6 is 11.5 Å². The lowest BCUT2D eigenvalue weighted by Gasteiger charge is -2.11. The zero-order valence-corrected chi connectivity index (χ0v) is 13.6. The minimum absolute atomic E-state index is 0.111. The number of hydrogen-bond donors (Lipinski definition) is 1. The van der Waals surface area contributed by atoms with Gasteiger partial charge < -0.3 is 0 Å². The normalized spacial score (nSPS) is 14.4. The fourth-order valence-electron chi connectivity index (χ4n) is 3.25. The zero-order valence-electron chi connectivity index (χ0n) is 12.8. The first-order chi connectivity index (χ1) is 12.1. The Hall–Kier alpha value is -2.87. The zero-order chi connectivity index (χ0) is 17.1. The van der Waals surface area contributed by atoms with Crippen LogP contribution < -0.4 is 11.1 Å². The summed E-state index contributed by atoms with van der Waals surface area (Å²) in [5.41, 5.74) is 1.55. The van der Waals surface area contributed by atoms with Gasteiger partial charge in [-0.05, 0) is 30.4 Å². The van der Waals surface area contributed by atoms with Gasteiger partial charge in [-0.2, -0.15) is 0 Å². The molecule has 0 saturated heterocycles. The summed E-state index contributed by atoms with van der Waals surface area (Å²) in [7, 11) is 0. The summed E-state index contributed by atoms with van der Waals surface area (Å²) >= 11 is 1.17. The van der Waals surface area contributed by atoms with Crippen LogP contribution in [-0.4, -0.2) is 18.7 Å². The largest absolute Gasteiger partial charge is 0.280 e. The van der Waals surface area contributed by atoms with Gasteiger partial charge in [0.15, 0.2) is 0 Å². The van der Waals surface area contributed by atoms with Gasteiger partial charge in [-0.15, -0.1) is 0 Å². The molecule has 1 saturated carbocycles. The van der Waals surface area contributed by atoms with Crippen molar-refractivity contribution < 1.29 is 4.39 Å². The van der Waals surface area contributed by atoms with Crippen LogP contribution in [0.4, 0.5) is 4.39 Å². The van der Waals surface area contributed by atoms with Crippen molar-refractivity contribution in [2.45, 2.75) is 18.8 Å². The average molecular weight is 354 g/mol. The highest BCUT2D eigenvalue weighted by Crippen LogP contribution is 2.45. The molecule has 1 fully saturated rings. The van der Waals surface area contributed by atoms with Gasteiger partial charge in [0, 0.05) is 29.7 Å². The molecule has 4 aromatic heterocycles.